The molecule has 0 spiro atoms. The van der Waals surface area contributed by atoms with Gasteiger partial charge in [-0.15, -0.1) is 0 Å². The fourth-order valence-corrected chi connectivity index (χ4v) is 5.41. The molecule has 10 nitrogen and oxygen atoms in total. The number of halogens is 4. The van der Waals surface area contributed by atoms with Crippen molar-refractivity contribution in [2.45, 2.75) is 25.6 Å². The second-order valence-corrected chi connectivity index (χ2v) is 10.8. The predicted octanol–water partition coefficient (Wildman–Crippen LogP) is 4.46. The summed E-state index contributed by atoms with van der Waals surface area (Å²) in [5.74, 6) is -0.902. The molecule has 0 aromatic heterocycles. The van der Waals surface area contributed by atoms with Gasteiger partial charge in [0, 0.05) is 79.8 Å². The van der Waals surface area contributed by atoms with E-state index in [-0.39, 0.29) is 46.4 Å². The number of alkyl halides is 3. The van der Waals surface area contributed by atoms with Crippen molar-refractivity contribution in [1.29, 1.82) is 5.26 Å². The fraction of sp³-hybridized carbons (Fsp3) is 0.333. The number of aromatic nitrogens is 2. The molecule has 1 unspecified atom stereocenters. The third kappa shape index (κ3) is 6.66. The summed E-state index contributed by atoms with van der Waals surface area (Å²) < 4.78 is 41.7. The maximum Gasteiger partial charge on any atom is 0.433 e. The number of aliphatic imine (C=N–C) groups is 1. The summed E-state index contributed by atoms with van der Waals surface area (Å²) in [6.45, 7) is 4.01. The fourth-order valence-electron chi connectivity index (χ4n) is 5.15. The van der Waals surface area contributed by atoms with Crippen LogP contribution in [0.1, 0.15) is 29.3 Å². The number of allylic oxidation sites excluding steroid dienone is 1. The average Bonchev–Trinajstić information content (AvgIpc) is 3.32. The monoisotopic (exact) mass is 624 g/mol. The number of hydrogen-bond donors (Lipinski definition) is 3. The molecule has 5 rings (SSSR count). The Morgan fingerprint density at radius 1 is 1.20 bits per heavy atom. The van der Waals surface area contributed by atoms with Gasteiger partial charge in [-0.2, -0.15) is 18.4 Å². The Labute approximate surface area is 256 Å². The Morgan fingerprint density at radius 3 is 2.68 bits per heavy atom. The van der Waals surface area contributed by atoms with Gasteiger partial charge < -0.3 is 20.9 Å². The smallest absolute Gasteiger partial charge is 0.340 e. The van der Waals surface area contributed by atoms with Crippen LogP contribution >= 0.6 is 11.6 Å². The van der Waals surface area contributed by atoms with Gasteiger partial charge in [0.05, 0.1) is 16.7 Å². The molecule has 0 bridgehead atoms. The van der Waals surface area contributed by atoms with Crippen molar-refractivity contribution in [2.75, 3.05) is 38.0 Å². The molecule has 1 fully saturated rings. The molecule has 3 N–H and O–H groups in total. The summed E-state index contributed by atoms with van der Waals surface area (Å²) in [6.07, 6.45) is -0.412. The molecule has 44 heavy (non-hydrogen) atoms. The largest absolute Gasteiger partial charge is 0.433 e. The van der Waals surface area contributed by atoms with Gasteiger partial charge in [0.1, 0.15) is 17.4 Å². The molecule has 4 aliphatic rings. The van der Waals surface area contributed by atoms with Crippen LogP contribution in [0.4, 0.5) is 24.7 Å². The highest BCUT2D eigenvalue weighted by atomic mass is 35.5. The number of amides is 2. The topological polar surface area (TPSA) is 135 Å². The predicted molar refractivity (Wildman–Crippen MR) is 160 cm³/mol. The van der Waals surface area contributed by atoms with E-state index in [0.717, 1.165) is 0 Å². The summed E-state index contributed by atoms with van der Waals surface area (Å²) in [7, 11) is 0. The zero-order chi connectivity index (χ0) is 31.4. The number of piperazine rings is 1. The quantitative estimate of drug-likeness (QED) is 0.353. The lowest BCUT2D eigenvalue weighted by atomic mass is 9.90. The van der Waals surface area contributed by atoms with Crippen LogP contribution in [0.5, 0.6) is 0 Å². The number of anilines is 2. The number of nitrogens with zero attached hydrogens (tertiary/aromatic N) is 5. The highest BCUT2D eigenvalue weighted by molar-refractivity contribution is 6.34. The zero-order valence-electron chi connectivity index (χ0n) is 23.6. The SMILES string of the molecule is C[C@@H](NC(=O)c1ccc(Nc2ncccc3c(C4=CC(CC#N)CN=C4C(F)(F)F)cnc2-3)cc1Cl)C(=O)N1CCNCC1. The van der Waals surface area contributed by atoms with Crippen molar-refractivity contribution in [2.24, 2.45) is 10.9 Å². The Morgan fingerprint density at radius 2 is 1.98 bits per heavy atom. The third-order valence-electron chi connectivity index (χ3n) is 7.32. The molecule has 1 saturated heterocycles. The minimum absolute atomic E-state index is 0.0342. The molecule has 2 amide bonds. The first kappa shape index (κ1) is 30.9. The minimum Gasteiger partial charge on any atom is -0.340 e. The number of nitrogens with one attached hydrogen (secondary N) is 3. The first-order chi connectivity index (χ1) is 21.1. The number of nitriles is 1. The molecule has 0 radical (unpaired) electrons. The van der Waals surface area contributed by atoms with E-state index in [2.05, 4.69) is 30.9 Å². The van der Waals surface area contributed by atoms with Crippen molar-refractivity contribution in [3.05, 3.63) is 65.0 Å². The summed E-state index contributed by atoms with van der Waals surface area (Å²) >= 11 is 6.46. The highest BCUT2D eigenvalue weighted by Gasteiger charge is 2.41. The standard InChI is InChI=1S/C30H28ClF3N8O2/c1-17(29(44)42-11-9-36-10-12-42)40-28(43)21-5-4-19(14-24(21)31)41-27-25-20(3-2-8-37-27)23(16-38-25)22-13-18(6-7-35)15-39-26(22)30(32,33)34/h2-5,8,13-14,16-18,36H,6,9-12,15H2,1H3,(H,37,41)(H,40,43)/t17-,18?/m1/s1. The van der Waals surface area contributed by atoms with Gasteiger partial charge >= 0.3 is 6.18 Å². The Balaban J connectivity index is 1.36. The first-order valence-corrected chi connectivity index (χ1v) is 14.3. The van der Waals surface area contributed by atoms with Gasteiger partial charge in [0.25, 0.3) is 5.91 Å². The number of hydrogen-bond acceptors (Lipinski definition) is 8. The molecule has 4 heterocycles. The van der Waals surface area contributed by atoms with Crippen molar-refractivity contribution in [3.8, 4) is 17.3 Å². The number of fused-ring (bicyclic) bond motifs is 1. The maximum atomic E-state index is 13.9. The first-order valence-electron chi connectivity index (χ1n) is 13.9. The van der Waals surface area contributed by atoms with E-state index < -0.39 is 29.8 Å². The van der Waals surface area contributed by atoms with Gasteiger partial charge in [-0.25, -0.2) is 4.98 Å². The van der Waals surface area contributed by atoms with Crippen molar-refractivity contribution < 1.29 is 22.8 Å². The van der Waals surface area contributed by atoms with Crippen molar-refractivity contribution >= 4 is 46.2 Å². The molecule has 0 aliphatic carbocycles. The number of rotatable bonds is 7. The number of carbonyl (C=O) groups excluding carboxylic acids is 2. The summed E-state index contributed by atoms with van der Waals surface area (Å²) in [5, 5.41) is 18.2. The lowest BCUT2D eigenvalue weighted by Crippen LogP contribution is -2.53. The lowest BCUT2D eigenvalue weighted by Gasteiger charge is -2.30. The molecule has 1 aromatic carbocycles. The second-order valence-electron chi connectivity index (χ2n) is 10.4. The van der Waals surface area contributed by atoms with Crippen LogP contribution in [-0.2, 0) is 4.79 Å². The molecule has 2 atom stereocenters. The zero-order valence-corrected chi connectivity index (χ0v) is 24.3. The Bertz CT molecular complexity index is 1650. The molecule has 14 heteroatoms. The summed E-state index contributed by atoms with van der Waals surface area (Å²) in [5.41, 5.74) is 0.381. The van der Waals surface area contributed by atoms with Crippen molar-refractivity contribution in [1.82, 2.24) is 25.5 Å². The summed E-state index contributed by atoms with van der Waals surface area (Å²) in [4.78, 5) is 39.9. The van der Waals surface area contributed by atoms with Crippen molar-refractivity contribution in [3.63, 3.8) is 0 Å². The van der Waals surface area contributed by atoms with Crippen LogP contribution in [-0.4, -0.2) is 77.3 Å². The molecule has 228 valence electrons. The van der Waals surface area contributed by atoms with E-state index in [1.54, 1.807) is 30.0 Å². The van der Waals surface area contributed by atoms with E-state index >= 15 is 0 Å². The average molecular weight is 625 g/mol. The van der Waals surface area contributed by atoms with Crippen LogP contribution in [0, 0.1) is 17.2 Å². The van der Waals surface area contributed by atoms with Crippen LogP contribution in [0.2, 0.25) is 5.02 Å². The number of dihydropyridines is 1. The normalized spacial score (nSPS) is 17.7. The van der Waals surface area contributed by atoms with Gasteiger partial charge in [-0.1, -0.05) is 23.7 Å². The van der Waals surface area contributed by atoms with E-state index in [0.29, 0.717) is 43.1 Å². The Kier molecular flexibility index (Phi) is 9.12. The van der Waals surface area contributed by atoms with E-state index in [1.165, 1.54) is 30.6 Å². The van der Waals surface area contributed by atoms with E-state index in [4.69, 9.17) is 16.9 Å². The van der Waals surface area contributed by atoms with Crippen LogP contribution in [0.25, 0.3) is 16.8 Å². The van der Waals surface area contributed by atoms with Gasteiger partial charge in [0.15, 0.2) is 5.82 Å². The van der Waals surface area contributed by atoms with Gasteiger partial charge in [-0.3, -0.25) is 19.6 Å². The molecular formula is C30H28ClF3N8O2. The number of benzene rings is 1. The maximum absolute atomic E-state index is 13.9. The van der Waals surface area contributed by atoms with Crippen LogP contribution in [0.15, 0.2) is 53.8 Å². The highest BCUT2D eigenvalue weighted by Crippen LogP contribution is 2.40. The molecule has 1 aromatic rings. The summed E-state index contributed by atoms with van der Waals surface area (Å²) in [6, 6.07) is 9.05. The van der Waals surface area contributed by atoms with Gasteiger partial charge in [-0.05, 0) is 31.2 Å². The lowest BCUT2D eigenvalue weighted by molar-refractivity contribution is -0.133. The van der Waals surface area contributed by atoms with E-state index in [1.807, 2.05) is 6.07 Å². The van der Waals surface area contributed by atoms with Crippen LogP contribution in [0.3, 0.4) is 0 Å². The number of carbonyl (C=O) groups is 2. The third-order valence-corrected chi connectivity index (χ3v) is 7.63. The molecule has 4 aliphatic heterocycles. The molecular weight excluding hydrogens is 597 g/mol. The van der Waals surface area contributed by atoms with E-state index in [9.17, 15) is 22.8 Å². The van der Waals surface area contributed by atoms with Crippen LogP contribution < -0.4 is 16.0 Å². The second kappa shape index (κ2) is 13.0. The Hall–Kier alpha value is -4.54. The molecule has 0 saturated carbocycles. The minimum atomic E-state index is -4.69. The van der Waals surface area contributed by atoms with Gasteiger partial charge in [0.2, 0.25) is 5.91 Å².